The molecule has 0 bridgehead atoms. The van der Waals surface area contributed by atoms with Crippen molar-refractivity contribution < 1.29 is 4.79 Å². The Balaban J connectivity index is 2.99. The molecular formula is C7H12N4O. The van der Waals surface area contributed by atoms with Crippen molar-refractivity contribution in [3.8, 4) is 0 Å². The number of hydrogen-bond donors (Lipinski definition) is 1. The summed E-state index contributed by atoms with van der Waals surface area (Å²) in [6.07, 6.45) is 1.44. The molecule has 0 radical (unpaired) electrons. The Hall–Kier alpha value is -1.23. The average molecular weight is 168 g/mol. The minimum Gasteiger partial charge on any atom is -0.324 e. The van der Waals surface area contributed by atoms with Gasteiger partial charge >= 0.3 is 0 Å². The monoisotopic (exact) mass is 168 g/mol. The van der Waals surface area contributed by atoms with Crippen LogP contribution >= 0.6 is 0 Å². The second kappa shape index (κ2) is 3.44. The maximum absolute atomic E-state index is 11.2. The first-order chi connectivity index (χ1) is 5.66. The lowest BCUT2D eigenvalue weighted by Crippen LogP contribution is -2.19. The molecule has 0 saturated carbocycles. The van der Waals surface area contributed by atoms with Crippen LogP contribution in [0, 0.1) is 0 Å². The molecule has 5 nitrogen and oxygen atoms in total. The Morgan fingerprint density at radius 2 is 2.42 bits per heavy atom. The predicted molar refractivity (Wildman–Crippen MR) is 43.8 cm³/mol. The van der Waals surface area contributed by atoms with Gasteiger partial charge in [-0.1, -0.05) is 5.21 Å². The van der Waals surface area contributed by atoms with Gasteiger partial charge in [0.05, 0.1) is 12.7 Å². The summed E-state index contributed by atoms with van der Waals surface area (Å²) in [6.45, 7) is 3.87. The van der Waals surface area contributed by atoms with E-state index < -0.39 is 0 Å². The summed E-state index contributed by atoms with van der Waals surface area (Å²) in [5, 5.41) is 7.42. The normalized spacial score (nSPS) is 10.7. The molecule has 1 rings (SSSR count). The summed E-state index contributed by atoms with van der Waals surface area (Å²) in [7, 11) is 0. The van der Waals surface area contributed by atoms with Gasteiger partial charge in [0.15, 0.2) is 5.78 Å². The van der Waals surface area contributed by atoms with Crippen molar-refractivity contribution in [1.29, 1.82) is 0 Å². The molecule has 0 fully saturated rings. The van der Waals surface area contributed by atoms with E-state index in [0.29, 0.717) is 5.69 Å². The molecule has 0 aliphatic rings. The molecule has 0 aromatic carbocycles. The van der Waals surface area contributed by atoms with E-state index in [2.05, 4.69) is 10.3 Å². The van der Waals surface area contributed by atoms with E-state index in [9.17, 15) is 4.79 Å². The number of hydrogen-bond acceptors (Lipinski definition) is 4. The molecule has 2 N–H and O–H groups in total. The molecular weight excluding hydrogens is 156 g/mol. The minimum atomic E-state index is -0.131. The molecule has 0 unspecified atom stereocenters. The van der Waals surface area contributed by atoms with Gasteiger partial charge in [-0.2, -0.15) is 0 Å². The second-order valence-corrected chi connectivity index (χ2v) is 2.78. The summed E-state index contributed by atoms with van der Waals surface area (Å²) >= 11 is 0. The first-order valence-corrected chi connectivity index (χ1v) is 3.80. The Morgan fingerprint density at radius 3 is 2.92 bits per heavy atom. The van der Waals surface area contributed by atoms with Crippen LogP contribution in [0.4, 0.5) is 0 Å². The van der Waals surface area contributed by atoms with Gasteiger partial charge in [0.1, 0.15) is 5.69 Å². The summed E-state index contributed by atoms with van der Waals surface area (Å²) in [5.41, 5.74) is 5.69. The van der Waals surface area contributed by atoms with E-state index in [1.807, 2.05) is 13.8 Å². The van der Waals surface area contributed by atoms with Gasteiger partial charge in [0.25, 0.3) is 0 Å². The highest BCUT2D eigenvalue weighted by molar-refractivity contribution is 5.95. The zero-order chi connectivity index (χ0) is 9.14. The van der Waals surface area contributed by atoms with Gasteiger partial charge in [-0.25, -0.2) is 4.68 Å². The summed E-state index contributed by atoms with van der Waals surface area (Å²) in [5.74, 6) is -0.131. The van der Waals surface area contributed by atoms with Crippen LogP contribution in [0.2, 0.25) is 0 Å². The van der Waals surface area contributed by atoms with Crippen molar-refractivity contribution in [3.63, 3.8) is 0 Å². The summed E-state index contributed by atoms with van der Waals surface area (Å²) < 4.78 is 1.56. The number of nitrogens with two attached hydrogens (primary N) is 1. The van der Waals surface area contributed by atoms with Crippen molar-refractivity contribution in [1.82, 2.24) is 15.0 Å². The highest BCUT2D eigenvalue weighted by Gasteiger charge is 2.12. The first-order valence-electron chi connectivity index (χ1n) is 3.80. The van der Waals surface area contributed by atoms with Crippen molar-refractivity contribution in [2.24, 2.45) is 5.73 Å². The van der Waals surface area contributed by atoms with Crippen LogP contribution in [-0.4, -0.2) is 27.3 Å². The topological polar surface area (TPSA) is 73.8 Å². The van der Waals surface area contributed by atoms with Gasteiger partial charge in [0.2, 0.25) is 0 Å². The number of ketones is 1. The Morgan fingerprint density at radius 1 is 1.75 bits per heavy atom. The lowest BCUT2D eigenvalue weighted by atomic mass is 10.3. The summed E-state index contributed by atoms with van der Waals surface area (Å²) in [6, 6.07) is 0.137. The maximum atomic E-state index is 11.2. The smallest absolute Gasteiger partial charge is 0.196 e. The predicted octanol–water partition coefficient (Wildman–Crippen LogP) is 0.000400. The molecule has 0 aliphatic carbocycles. The highest BCUT2D eigenvalue weighted by Crippen LogP contribution is 2.05. The van der Waals surface area contributed by atoms with Crippen molar-refractivity contribution in [2.75, 3.05) is 6.54 Å². The lowest BCUT2D eigenvalue weighted by molar-refractivity contribution is 0.0989. The number of Topliss-reactive ketones (excluding diaryl/α,β-unsaturated/α-hetero) is 1. The molecule has 0 saturated heterocycles. The van der Waals surface area contributed by atoms with Crippen molar-refractivity contribution >= 4 is 5.78 Å². The van der Waals surface area contributed by atoms with E-state index in [4.69, 9.17) is 5.73 Å². The van der Waals surface area contributed by atoms with E-state index in [1.54, 1.807) is 4.68 Å². The number of carbonyl (C=O) groups excluding carboxylic acids is 1. The molecule has 5 heteroatoms. The van der Waals surface area contributed by atoms with Crippen LogP contribution in [-0.2, 0) is 0 Å². The third-order valence-corrected chi connectivity index (χ3v) is 1.54. The maximum Gasteiger partial charge on any atom is 0.196 e. The molecule has 66 valence electrons. The molecule has 0 amide bonds. The van der Waals surface area contributed by atoms with E-state index >= 15 is 0 Å². The Bertz CT molecular complexity index is 279. The molecule has 1 aromatic rings. The number of aromatic nitrogens is 3. The quantitative estimate of drug-likeness (QED) is 0.645. The van der Waals surface area contributed by atoms with Gasteiger partial charge in [-0.05, 0) is 13.8 Å². The number of rotatable bonds is 3. The molecule has 12 heavy (non-hydrogen) atoms. The third-order valence-electron chi connectivity index (χ3n) is 1.54. The standard InChI is InChI=1S/C7H12N4O/c1-5(2)11-6(4-9-10-11)7(12)3-8/h4-5H,3,8H2,1-2H3. The molecule has 0 atom stereocenters. The largest absolute Gasteiger partial charge is 0.324 e. The zero-order valence-electron chi connectivity index (χ0n) is 7.19. The van der Waals surface area contributed by atoms with Gasteiger partial charge in [-0.15, -0.1) is 5.10 Å². The summed E-state index contributed by atoms with van der Waals surface area (Å²) in [4.78, 5) is 11.2. The Kier molecular flexibility index (Phi) is 2.54. The van der Waals surface area contributed by atoms with Crippen molar-refractivity contribution in [3.05, 3.63) is 11.9 Å². The fraction of sp³-hybridized carbons (Fsp3) is 0.571. The molecule has 1 aromatic heterocycles. The second-order valence-electron chi connectivity index (χ2n) is 2.78. The van der Waals surface area contributed by atoms with Crippen LogP contribution in [0.3, 0.4) is 0 Å². The van der Waals surface area contributed by atoms with E-state index in [-0.39, 0.29) is 18.4 Å². The van der Waals surface area contributed by atoms with Gasteiger partial charge in [0, 0.05) is 6.04 Å². The minimum absolute atomic E-state index is 0.0000926. The molecule has 0 aliphatic heterocycles. The Labute approximate surface area is 70.6 Å². The number of nitrogens with zero attached hydrogens (tertiary/aromatic N) is 3. The molecule has 1 heterocycles. The van der Waals surface area contributed by atoms with E-state index in [0.717, 1.165) is 0 Å². The lowest BCUT2D eigenvalue weighted by Gasteiger charge is -2.06. The fourth-order valence-electron chi connectivity index (χ4n) is 0.929. The van der Waals surface area contributed by atoms with Crippen LogP contribution < -0.4 is 5.73 Å². The van der Waals surface area contributed by atoms with Crippen LogP contribution in [0.25, 0.3) is 0 Å². The van der Waals surface area contributed by atoms with Crippen LogP contribution in [0.5, 0.6) is 0 Å². The fourth-order valence-corrected chi connectivity index (χ4v) is 0.929. The molecule has 0 spiro atoms. The number of carbonyl (C=O) groups is 1. The SMILES string of the molecule is CC(C)n1nncc1C(=O)CN. The van der Waals surface area contributed by atoms with Crippen LogP contribution in [0.15, 0.2) is 6.20 Å². The highest BCUT2D eigenvalue weighted by atomic mass is 16.1. The zero-order valence-corrected chi connectivity index (χ0v) is 7.19. The third kappa shape index (κ3) is 1.50. The average Bonchev–Trinajstić information content (AvgIpc) is 2.50. The van der Waals surface area contributed by atoms with Gasteiger partial charge in [-0.3, -0.25) is 4.79 Å². The van der Waals surface area contributed by atoms with Crippen LogP contribution in [0.1, 0.15) is 30.4 Å². The first kappa shape index (κ1) is 8.86. The van der Waals surface area contributed by atoms with E-state index in [1.165, 1.54) is 6.20 Å². The van der Waals surface area contributed by atoms with Crippen molar-refractivity contribution in [2.45, 2.75) is 19.9 Å². The van der Waals surface area contributed by atoms with Gasteiger partial charge < -0.3 is 5.73 Å².